The van der Waals surface area contributed by atoms with Crippen LogP contribution in [-0.4, -0.2) is 32.0 Å². The summed E-state index contributed by atoms with van der Waals surface area (Å²) in [6.45, 7) is 2.94. The molecule has 82 valence electrons. The van der Waals surface area contributed by atoms with E-state index in [0.717, 1.165) is 12.8 Å². The Morgan fingerprint density at radius 3 is 2.57 bits per heavy atom. The molecular weight excluding hydrogens is 195 g/mol. The predicted molar refractivity (Wildman–Crippen MR) is 47.0 cm³/mol. The molecule has 14 heavy (non-hydrogen) atoms. The van der Waals surface area contributed by atoms with Crippen molar-refractivity contribution in [1.29, 1.82) is 0 Å². The molecular formula is C9H14F3NO. The minimum Gasteiger partial charge on any atom is -0.368 e. The normalized spacial score (nSPS) is 17.1. The van der Waals surface area contributed by atoms with Gasteiger partial charge in [-0.1, -0.05) is 6.58 Å². The third kappa shape index (κ3) is 5.99. The lowest BCUT2D eigenvalue weighted by Crippen LogP contribution is -2.23. The first-order chi connectivity index (χ1) is 6.47. The van der Waals surface area contributed by atoms with E-state index >= 15 is 0 Å². The van der Waals surface area contributed by atoms with E-state index in [4.69, 9.17) is 0 Å². The van der Waals surface area contributed by atoms with Gasteiger partial charge < -0.3 is 10.1 Å². The van der Waals surface area contributed by atoms with Crippen LogP contribution in [0.3, 0.4) is 0 Å². The van der Waals surface area contributed by atoms with E-state index < -0.39 is 12.8 Å². The van der Waals surface area contributed by atoms with Gasteiger partial charge in [0.25, 0.3) is 0 Å². The lowest BCUT2D eigenvalue weighted by atomic mass is 10.3. The lowest BCUT2D eigenvalue weighted by Gasteiger charge is -2.09. The van der Waals surface area contributed by atoms with Crippen molar-refractivity contribution in [3.63, 3.8) is 0 Å². The van der Waals surface area contributed by atoms with Crippen molar-refractivity contribution in [2.75, 3.05) is 19.8 Å². The van der Waals surface area contributed by atoms with Crippen molar-refractivity contribution < 1.29 is 17.9 Å². The summed E-state index contributed by atoms with van der Waals surface area (Å²) in [7, 11) is 0. The van der Waals surface area contributed by atoms with Crippen LogP contribution >= 0.6 is 0 Å². The Hall–Kier alpha value is -0.550. The van der Waals surface area contributed by atoms with Gasteiger partial charge in [-0.15, -0.1) is 0 Å². The van der Waals surface area contributed by atoms with Gasteiger partial charge in [-0.05, 0) is 18.4 Å². The Morgan fingerprint density at radius 2 is 2.07 bits per heavy atom. The summed E-state index contributed by atoms with van der Waals surface area (Å²) in [4.78, 5) is 0. The van der Waals surface area contributed by atoms with Crippen LogP contribution in [0.2, 0.25) is 0 Å². The standard InChI is InChI=1S/C9H14F3NO/c1-7(4-13-8-2-3-8)5-14-6-9(10,11)12/h8,13H,1-6H2. The molecule has 5 heteroatoms. The average molecular weight is 209 g/mol. The summed E-state index contributed by atoms with van der Waals surface area (Å²) in [5.74, 6) is 0. The van der Waals surface area contributed by atoms with Crippen LogP contribution < -0.4 is 5.32 Å². The third-order valence-corrected chi connectivity index (χ3v) is 1.79. The van der Waals surface area contributed by atoms with Gasteiger partial charge in [0, 0.05) is 12.6 Å². The molecule has 1 saturated carbocycles. The number of nitrogens with one attached hydrogen (secondary N) is 1. The van der Waals surface area contributed by atoms with Crippen LogP contribution in [0.25, 0.3) is 0 Å². The lowest BCUT2D eigenvalue weighted by molar-refractivity contribution is -0.171. The predicted octanol–water partition coefficient (Wildman–Crippen LogP) is 1.87. The Kier molecular flexibility index (Phi) is 3.95. The van der Waals surface area contributed by atoms with Crippen LogP contribution in [0.4, 0.5) is 13.2 Å². The summed E-state index contributed by atoms with van der Waals surface area (Å²) in [5.41, 5.74) is 0.654. The van der Waals surface area contributed by atoms with Gasteiger partial charge in [0.1, 0.15) is 6.61 Å². The molecule has 0 aromatic rings. The van der Waals surface area contributed by atoms with E-state index in [0.29, 0.717) is 18.2 Å². The SMILES string of the molecule is C=C(CNC1CC1)COCC(F)(F)F. The van der Waals surface area contributed by atoms with E-state index in [1.165, 1.54) is 0 Å². The second-order valence-corrected chi connectivity index (χ2v) is 3.51. The first-order valence-electron chi connectivity index (χ1n) is 4.52. The Labute approximate surface area is 81.1 Å². The molecule has 1 aliphatic carbocycles. The molecule has 0 atom stereocenters. The Bertz CT molecular complexity index is 199. The molecule has 0 aromatic carbocycles. The van der Waals surface area contributed by atoms with Crippen molar-refractivity contribution in [2.24, 2.45) is 0 Å². The molecule has 1 fully saturated rings. The molecule has 0 radical (unpaired) electrons. The van der Waals surface area contributed by atoms with Crippen LogP contribution in [0, 0.1) is 0 Å². The molecule has 0 unspecified atom stereocenters. The maximum absolute atomic E-state index is 11.7. The fourth-order valence-electron chi connectivity index (χ4n) is 0.938. The van der Waals surface area contributed by atoms with Gasteiger partial charge in [-0.25, -0.2) is 0 Å². The van der Waals surface area contributed by atoms with E-state index in [2.05, 4.69) is 16.6 Å². The summed E-state index contributed by atoms with van der Waals surface area (Å²) < 4.78 is 39.4. The topological polar surface area (TPSA) is 21.3 Å². The van der Waals surface area contributed by atoms with Crippen molar-refractivity contribution >= 4 is 0 Å². The fourth-order valence-corrected chi connectivity index (χ4v) is 0.938. The van der Waals surface area contributed by atoms with E-state index in [1.54, 1.807) is 0 Å². The molecule has 1 N–H and O–H groups in total. The summed E-state index contributed by atoms with van der Waals surface area (Å²) >= 11 is 0. The summed E-state index contributed by atoms with van der Waals surface area (Å²) in [6.07, 6.45) is -1.95. The summed E-state index contributed by atoms with van der Waals surface area (Å²) in [6, 6.07) is 0.536. The monoisotopic (exact) mass is 209 g/mol. The van der Waals surface area contributed by atoms with Crippen LogP contribution in [0.15, 0.2) is 12.2 Å². The minimum absolute atomic E-state index is 0.0285. The second kappa shape index (κ2) is 4.79. The van der Waals surface area contributed by atoms with Gasteiger partial charge in [0.05, 0.1) is 6.61 Å². The van der Waals surface area contributed by atoms with Crippen LogP contribution in [0.5, 0.6) is 0 Å². The quantitative estimate of drug-likeness (QED) is 0.674. The molecule has 0 amide bonds. The third-order valence-electron chi connectivity index (χ3n) is 1.79. The zero-order valence-electron chi connectivity index (χ0n) is 7.86. The molecule has 0 bridgehead atoms. The first-order valence-corrected chi connectivity index (χ1v) is 4.52. The number of hydrogen-bond acceptors (Lipinski definition) is 2. The van der Waals surface area contributed by atoms with Gasteiger partial charge >= 0.3 is 6.18 Å². The zero-order chi connectivity index (χ0) is 10.6. The highest BCUT2D eigenvalue weighted by molar-refractivity contribution is 4.99. The molecule has 0 aliphatic heterocycles. The number of ether oxygens (including phenoxy) is 1. The van der Waals surface area contributed by atoms with Crippen LogP contribution in [0.1, 0.15) is 12.8 Å². The van der Waals surface area contributed by atoms with Gasteiger partial charge in [0.2, 0.25) is 0 Å². The number of hydrogen-bond donors (Lipinski definition) is 1. The molecule has 1 aliphatic rings. The molecule has 1 rings (SSSR count). The van der Waals surface area contributed by atoms with Crippen LogP contribution in [-0.2, 0) is 4.74 Å². The maximum Gasteiger partial charge on any atom is 0.411 e. The minimum atomic E-state index is -4.25. The molecule has 0 saturated heterocycles. The summed E-state index contributed by atoms with van der Waals surface area (Å²) in [5, 5.41) is 3.14. The highest BCUT2D eigenvalue weighted by Crippen LogP contribution is 2.18. The maximum atomic E-state index is 11.7. The number of alkyl halides is 3. The van der Waals surface area contributed by atoms with E-state index in [-0.39, 0.29) is 6.61 Å². The van der Waals surface area contributed by atoms with Gasteiger partial charge in [-0.2, -0.15) is 13.2 Å². The van der Waals surface area contributed by atoms with Gasteiger partial charge in [0.15, 0.2) is 0 Å². The van der Waals surface area contributed by atoms with E-state index in [1.807, 2.05) is 0 Å². The highest BCUT2D eigenvalue weighted by Gasteiger charge is 2.27. The van der Waals surface area contributed by atoms with Crippen molar-refractivity contribution in [3.8, 4) is 0 Å². The highest BCUT2D eigenvalue weighted by atomic mass is 19.4. The fraction of sp³-hybridized carbons (Fsp3) is 0.778. The van der Waals surface area contributed by atoms with Gasteiger partial charge in [-0.3, -0.25) is 0 Å². The molecule has 2 nitrogen and oxygen atoms in total. The largest absolute Gasteiger partial charge is 0.411 e. The van der Waals surface area contributed by atoms with Crippen molar-refractivity contribution in [3.05, 3.63) is 12.2 Å². The van der Waals surface area contributed by atoms with E-state index in [9.17, 15) is 13.2 Å². The molecule has 0 aromatic heterocycles. The molecule has 0 heterocycles. The number of halogens is 3. The first kappa shape index (κ1) is 11.5. The van der Waals surface area contributed by atoms with Crippen molar-refractivity contribution in [1.82, 2.24) is 5.32 Å². The van der Waals surface area contributed by atoms with Crippen molar-refractivity contribution in [2.45, 2.75) is 25.1 Å². The Morgan fingerprint density at radius 1 is 1.43 bits per heavy atom. The molecule has 0 spiro atoms. The Balaban J connectivity index is 1.96. The second-order valence-electron chi connectivity index (χ2n) is 3.51. The average Bonchev–Trinajstić information content (AvgIpc) is 2.81. The number of rotatable bonds is 6. The zero-order valence-corrected chi connectivity index (χ0v) is 7.86. The smallest absolute Gasteiger partial charge is 0.368 e.